The van der Waals surface area contributed by atoms with Gasteiger partial charge in [0, 0.05) is 6.08 Å². The summed E-state index contributed by atoms with van der Waals surface area (Å²) in [5.74, 6) is -0.347. The van der Waals surface area contributed by atoms with Crippen molar-refractivity contribution in [3.8, 4) is 0 Å². The monoisotopic (exact) mass is 440 g/mol. The van der Waals surface area contributed by atoms with Crippen molar-refractivity contribution in [2.45, 2.75) is 122 Å². The van der Waals surface area contributed by atoms with Crippen LogP contribution in [0.15, 0.2) is 24.3 Å². The minimum atomic E-state index is -1.93. The SMILES string of the molecule is CCCCCCCCC(O)C(CCCC=CC=CC(=O)OC)O[Si](C)(C)C(C)(C)C. The fourth-order valence-corrected chi connectivity index (χ4v) is 4.40. The van der Waals surface area contributed by atoms with E-state index in [-0.39, 0.29) is 17.1 Å². The summed E-state index contributed by atoms with van der Waals surface area (Å²) >= 11 is 0. The van der Waals surface area contributed by atoms with Gasteiger partial charge in [-0.2, -0.15) is 0 Å². The number of rotatable bonds is 16. The zero-order valence-electron chi connectivity index (χ0n) is 20.7. The standard InChI is InChI=1S/C25H48O4Si/c1-8-9-10-11-13-16-19-22(26)23(29-30(6,7)25(2,3)4)20-17-14-12-15-18-21-24(27)28-5/h12,15,18,21-23,26H,8-11,13-14,16-17,19-20H2,1-7H3. The molecule has 5 heteroatoms. The number of esters is 1. The predicted octanol–water partition coefficient (Wildman–Crippen LogP) is 6.94. The first-order valence-electron chi connectivity index (χ1n) is 11.8. The van der Waals surface area contributed by atoms with Crippen LogP contribution >= 0.6 is 0 Å². The van der Waals surface area contributed by atoms with Crippen LogP contribution in [0.1, 0.15) is 91.9 Å². The molecule has 0 aromatic heterocycles. The first kappa shape index (κ1) is 29.1. The van der Waals surface area contributed by atoms with Gasteiger partial charge in [0.2, 0.25) is 0 Å². The van der Waals surface area contributed by atoms with E-state index in [4.69, 9.17) is 4.43 Å². The van der Waals surface area contributed by atoms with Gasteiger partial charge in [-0.1, -0.05) is 84.4 Å². The Balaban J connectivity index is 4.66. The lowest BCUT2D eigenvalue weighted by molar-refractivity contribution is -0.134. The minimum Gasteiger partial charge on any atom is -0.466 e. The van der Waals surface area contributed by atoms with E-state index < -0.39 is 14.4 Å². The number of methoxy groups -OCH3 is 1. The zero-order valence-corrected chi connectivity index (χ0v) is 21.7. The Morgan fingerprint density at radius 2 is 1.63 bits per heavy atom. The van der Waals surface area contributed by atoms with E-state index in [1.54, 1.807) is 6.08 Å². The highest BCUT2D eigenvalue weighted by molar-refractivity contribution is 6.74. The molecule has 0 fully saturated rings. The normalized spacial score (nSPS) is 15.1. The zero-order chi connectivity index (χ0) is 23.0. The fourth-order valence-electron chi connectivity index (χ4n) is 3.02. The molecule has 2 unspecified atom stereocenters. The number of carbonyl (C=O) groups is 1. The van der Waals surface area contributed by atoms with Gasteiger partial charge in [0.1, 0.15) is 0 Å². The lowest BCUT2D eigenvalue weighted by Crippen LogP contribution is -2.47. The van der Waals surface area contributed by atoms with E-state index in [2.05, 4.69) is 45.5 Å². The molecule has 0 heterocycles. The molecule has 30 heavy (non-hydrogen) atoms. The van der Waals surface area contributed by atoms with Crippen molar-refractivity contribution in [1.29, 1.82) is 0 Å². The second-order valence-corrected chi connectivity index (χ2v) is 14.5. The van der Waals surface area contributed by atoms with Crippen molar-refractivity contribution in [1.82, 2.24) is 0 Å². The van der Waals surface area contributed by atoms with E-state index >= 15 is 0 Å². The van der Waals surface area contributed by atoms with Gasteiger partial charge in [-0.3, -0.25) is 0 Å². The Labute approximate surface area is 187 Å². The number of hydrogen-bond donors (Lipinski definition) is 1. The molecule has 0 aliphatic rings. The molecule has 0 amide bonds. The van der Waals surface area contributed by atoms with Gasteiger partial charge < -0.3 is 14.3 Å². The van der Waals surface area contributed by atoms with Gasteiger partial charge in [0.15, 0.2) is 8.32 Å². The molecule has 0 spiro atoms. The molecule has 176 valence electrons. The van der Waals surface area contributed by atoms with Gasteiger partial charge in [-0.05, 0) is 43.8 Å². The topological polar surface area (TPSA) is 55.8 Å². The van der Waals surface area contributed by atoms with Crippen LogP contribution in [0, 0.1) is 0 Å². The second-order valence-electron chi connectivity index (χ2n) is 9.78. The van der Waals surface area contributed by atoms with Crippen LogP contribution in [0.4, 0.5) is 0 Å². The Morgan fingerprint density at radius 3 is 2.23 bits per heavy atom. The van der Waals surface area contributed by atoms with Crippen LogP contribution in [-0.4, -0.2) is 38.7 Å². The third-order valence-electron chi connectivity index (χ3n) is 6.07. The van der Waals surface area contributed by atoms with Gasteiger partial charge >= 0.3 is 5.97 Å². The fraction of sp³-hybridized carbons (Fsp3) is 0.800. The number of allylic oxidation sites excluding steroid dienone is 3. The lowest BCUT2D eigenvalue weighted by atomic mass is 10.0. The van der Waals surface area contributed by atoms with Crippen molar-refractivity contribution in [3.63, 3.8) is 0 Å². The summed E-state index contributed by atoms with van der Waals surface area (Å²) in [6.45, 7) is 13.5. The van der Waals surface area contributed by atoms with Gasteiger partial charge in [0.05, 0.1) is 19.3 Å². The largest absolute Gasteiger partial charge is 0.466 e. The van der Waals surface area contributed by atoms with E-state index in [1.165, 1.54) is 45.3 Å². The molecule has 1 N–H and O–H groups in total. The quantitative estimate of drug-likeness (QED) is 0.0928. The first-order valence-corrected chi connectivity index (χ1v) is 14.7. The summed E-state index contributed by atoms with van der Waals surface area (Å²) in [4.78, 5) is 11.1. The van der Waals surface area contributed by atoms with Crippen molar-refractivity contribution >= 4 is 14.3 Å². The molecule has 0 aliphatic heterocycles. The highest BCUT2D eigenvalue weighted by atomic mass is 28.4. The summed E-state index contributed by atoms with van der Waals surface area (Å²) in [6.07, 6.45) is 17.4. The maximum Gasteiger partial charge on any atom is 0.330 e. The van der Waals surface area contributed by atoms with Crippen LogP contribution in [0.5, 0.6) is 0 Å². The summed E-state index contributed by atoms with van der Waals surface area (Å²) < 4.78 is 11.2. The number of aliphatic hydroxyl groups excluding tert-OH is 1. The predicted molar refractivity (Wildman–Crippen MR) is 130 cm³/mol. The van der Waals surface area contributed by atoms with Crippen LogP contribution in [-0.2, 0) is 14.0 Å². The number of carbonyl (C=O) groups excluding carboxylic acids is 1. The molecule has 2 atom stereocenters. The van der Waals surface area contributed by atoms with Crippen LogP contribution in [0.3, 0.4) is 0 Å². The highest BCUT2D eigenvalue weighted by Crippen LogP contribution is 2.38. The van der Waals surface area contributed by atoms with E-state index in [0.29, 0.717) is 0 Å². The third-order valence-corrected chi connectivity index (χ3v) is 10.6. The van der Waals surface area contributed by atoms with Crippen LogP contribution in [0.2, 0.25) is 18.1 Å². The minimum absolute atomic E-state index is 0.0967. The molecule has 0 aromatic carbocycles. The van der Waals surface area contributed by atoms with Crippen LogP contribution in [0.25, 0.3) is 0 Å². The third kappa shape index (κ3) is 13.4. The van der Waals surface area contributed by atoms with Crippen molar-refractivity contribution in [2.24, 2.45) is 0 Å². The summed E-state index contributed by atoms with van der Waals surface area (Å²) in [5.41, 5.74) is 0. The van der Waals surface area contributed by atoms with Gasteiger partial charge in [-0.15, -0.1) is 0 Å². The molecule has 4 nitrogen and oxygen atoms in total. The summed E-state index contributed by atoms with van der Waals surface area (Å²) in [5, 5.41) is 11.0. The van der Waals surface area contributed by atoms with Gasteiger partial charge in [-0.25, -0.2) is 4.79 Å². The lowest BCUT2D eigenvalue weighted by Gasteiger charge is -2.40. The summed E-state index contributed by atoms with van der Waals surface area (Å²) in [7, 11) is -0.564. The van der Waals surface area contributed by atoms with Crippen LogP contribution < -0.4 is 0 Å². The molecule has 0 rings (SSSR count). The molecular weight excluding hydrogens is 392 g/mol. The first-order chi connectivity index (χ1) is 14.0. The maximum absolute atomic E-state index is 11.1. The number of unbranched alkanes of at least 4 members (excludes halogenated alkanes) is 6. The molecular formula is C25H48O4Si. The number of hydrogen-bond acceptors (Lipinski definition) is 4. The van der Waals surface area contributed by atoms with E-state index in [1.807, 2.05) is 12.2 Å². The molecule has 0 aliphatic carbocycles. The average molecular weight is 441 g/mol. The average Bonchev–Trinajstić information content (AvgIpc) is 2.67. The van der Waals surface area contributed by atoms with Gasteiger partial charge in [0.25, 0.3) is 0 Å². The molecule has 0 bridgehead atoms. The number of ether oxygens (including phenoxy) is 1. The Bertz CT molecular complexity index is 506. The highest BCUT2D eigenvalue weighted by Gasteiger charge is 2.40. The molecule has 0 radical (unpaired) electrons. The van der Waals surface area contributed by atoms with Crippen molar-refractivity contribution in [3.05, 3.63) is 24.3 Å². The van der Waals surface area contributed by atoms with E-state index in [9.17, 15) is 9.90 Å². The molecule has 0 saturated heterocycles. The Hall–Kier alpha value is -0.913. The molecule has 0 saturated carbocycles. The second kappa shape index (κ2) is 15.8. The van der Waals surface area contributed by atoms with Crippen molar-refractivity contribution in [2.75, 3.05) is 7.11 Å². The Morgan fingerprint density at radius 1 is 1.00 bits per heavy atom. The maximum atomic E-state index is 11.1. The van der Waals surface area contributed by atoms with Crippen molar-refractivity contribution < 1.29 is 19.1 Å². The Kier molecular flexibility index (Phi) is 15.3. The smallest absolute Gasteiger partial charge is 0.330 e. The molecule has 0 aromatic rings. The van der Waals surface area contributed by atoms with E-state index in [0.717, 1.165) is 32.1 Å². The summed E-state index contributed by atoms with van der Waals surface area (Å²) in [6, 6.07) is 0. The number of aliphatic hydroxyl groups is 1.